The summed E-state index contributed by atoms with van der Waals surface area (Å²) in [7, 11) is 2.12. The molecule has 0 saturated carbocycles. The molecule has 0 N–H and O–H groups in total. The molecule has 0 aromatic heterocycles. The lowest BCUT2D eigenvalue weighted by Gasteiger charge is -2.34. The van der Waals surface area contributed by atoms with E-state index in [1.807, 2.05) is 0 Å². The van der Waals surface area contributed by atoms with Crippen LogP contribution in [-0.2, 0) is 0 Å². The van der Waals surface area contributed by atoms with Gasteiger partial charge in [0, 0.05) is 44.1 Å². The summed E-state index contributed by atoms with van der Waals surface area (Å²) in [4.78, 5) is 14.8. The molecule has 0 aliphatic carbocycles. The molecule has 3 rings (SSSR count). The molecule has 1 fully saturated rings. The molecule has 8 heteroatoms. The van der Waals surface area contributed by atoms with Crippen molar-refractivity contribution in [1.29, 1.82) is 0 Å². The predicted octanol–water partition coefficient (Wildman–Crippen LogP) is 1.65. The molecule has 0 bridgehead atoms. The number of amidine groups is 1. The van der Waals surface area contributed by atoms with Crippen molar-refractivity contribution in [2.75, 3.05) is 39.0 Å². The third-order valence-corrected chi connectivity index (χ3v) is 4.80. The summed E-state index contributed by atoms with van der Waals surface area (Å²) in [5.74, 6) is 0.739. The number of nitro groups is 1. The van der Waals surface area contributed by atoms with E-state index in [9.17, 15) is 10.1 Å². The molecule has 2 heterocycles. The monoisotopic (exact) mass is 319 g/mol. The average Bonchev–Trinajstić information content (AvgIpc) is 2.56. The van der Waals surface area contributed by atoms with Crippen LogP contribution in [0.5, 0.6) is 0 Å². The van der Waals surface area contributed by atoms with Crippen molar-refractivity contribution in [2.24, 2.45) is 10.2 Å². The van der Waals surface area contributed by atoms with Gasteiger partial charge in [-0.05, 0) is 24.7 Å². The van der Waals surface area contributed by atoms with Gasteiger partial charge < -0.3 is 9.80 Å². The van der Waals surface area contributed by atoms with E-state index in [1.165, 1.54) is 12.1 Å². The number of hydrogen-bond acceptors (Lipinski definition) is 7. The highest BCUT2D eigenvalue weighted by atomic mass is 32.2. The Morgan fingerprint density at radius 2 is 1.82 bits per heavy atom. The molecule has 0 spiro atoms. The molecule has 116 valence electrons. The van der Waals surface area contributed by atoms with Crippen LogP contribution in [0.15, 0.2) is 34.5 Å². The van der Waals surface area contributed by atoms with E-state index in [0.717, 1.165) is 48.4 Å². The topological polar surface area (TPSA) is 74.3 Å². The fraction of sp³-hybridized carbons (Fsp3) is 0.429. The molecule has 1 aromatic carbocycles. The van der Waals surface area contributed by atoms with E-state index in [1.54, 1.807) is 23.9 Å². The van der Waals surface area contributed by atoms with Crippen LogP contribution in [0.4, 0.5) is 5.69 Å². The predicted molar refractivity (Wildman–Crippen MR) is 88.6 cm³/mol. The first-order valence-corrected chi connectivity index (χ1v) is 8.08. The van der Waals surface area contributed by atoms with E-state index in [2.05, 4.69) is 27.1 Å². The minimum atomic E-state index is -0.398. The second kappa shape index (κ2) is 6.45. The van der Waals surface area contributed by atoms with E-state index >= 15 is 0 Å². The van der Waals surface area contributed by atoms with Crippen LogP contribution in [0.3, 0.4) is 0 Å². The van der Waals surface area contributed by atoms with Gasteiger partial charge in [0.2, 0.25) is 0 Å². The summed E-state index contributed by atoms with van der Waals surface area (Å²) in [6.07, 6.45) is 0. The molecule has 0 amide bonds. The van der Waals surface area contributed by atoms with Gasteiger partial charge >= 0.3 is 0 Å². The fourth-order valence-electron chi connectivity index (χ4n) is 2.36. The third kappa shape index (κ3) is 3.28. The van der Waals surface area contributed by atoms with E-state index in [-0.39, 0.29) is 5.69 Å². The summed E-state index contributed by atoms with van der Waals surface area (Å²) in [5, 5.41) is 20.3. The Morgan fingerprint density at radius 1 is 1.14 bits per heavy atom. The van der Waals surface area contributed by atoms with Gasteiger partial charge in [0.15, 0.2) is 5.17 Å². The third-order valence-electron chi connectivity index (χ3n) is 3.78. The molecule has 1 aromatic rings. The first-order valence-electron chi connectivity index (χ1n) is 7.09. The lowest BCUT2D eigenvalue weighted by atomic mass is 10.1. The van der Waals surface area contributed by atoms with Gasteiger partial charge in [-0.1, -0.05) is 11.8 Å². The molecular weight excluding hydrogens is 302 g/mol. The normalized spacial score (nSPS) is 19.6. The van der Waals surface area contributed by atoms with Gasteiger partial charge in [-0.3, -0.25) is 10.1 Å². The number of benzene rings is 1. The van der Waals surface area contributed by atoms with Crippen LogP contribution >= 0.6 is 11.8 Å². The summed E-state index contributed by atoms with van der Waals surface area (Å²) < 4.78 is 0. The van der Waals surface area contributed by atoms with Gasteiger partial charge in [-0.25, -0.2) is 0 Å². The van der Waals surface area contributed by atoms with Crippen molar-refractivity contribution in [3.05, 3.63) is 39.9 Å². The quantitative estimate of drug-likeness (QED) is 0.612. The zero-order valence-electron chi connectivity index (χ0n) is 12.3. The lowest BCUT2D eigenvalue weighted by molar-refractivity contribution is -0.384. The maximum atomic E-state index is 10.7. The first kappa shape index (κ1) is 15.0. The van der Waals surface area contributed by atoms with E-state index in [0.29, 0.717) is 0 Å². The summed E-state index contributed by atoms with van der Waals surface area (Å²) >= 11 is 1.68. The highest BCUT2D eigenvalue weighted by molar-refractivity contribution is 8.14. The molecule has 1 saturated heterocycles. The molecule has 0 unspecified atom stereocenters. The van der Waals surface area contributed by atoms with Crippen LogP contribution in [0.2, 0.25) is 0 Å². The van der Waals surface area contributed by atoms with Gasteiger partial charge in [0.25, 0.3) is 5.69 Å². The number of nitrogens with zero attached hydrogens (tertiary/aromatic N) is 5. The highest BCUT2D eigenvalue weighted by Crippen LogP contribution is 2.20. The molecule has 22 heavy (non-hydrogen) atoms. The Balaban J connectivity index is 1.70. The van der Waals surface area contributed by atoms with E-state index < -0.39 is 4.92 Å². The molecule has 0 atom stereocenters. The van der Waals surface area contributed by atoms with Gasteiger partial charge in [0.05, 0.1) is 10.6 Å². The average molecular weight is 319 g/mol. The van der Waals surface area contributed by atoms with Crippen molar-refractivity contribution in [3.63, 3.8) is 0 Å². The largest absolute Gasteiger partial charge is 0.347 e. The number of hydrogen-bond donors (Lipinski definition) is 0. The van der Waals surface area contributed by atoms with Crippen molar-refractivity contribution in [3.8, 4) is 0 Å². The summed E-state index contributed by atoms with van der Waals surface area (Å²) in [6.45, 7) is 4.03. The zero-order chi connectivity index (χ0) is 15.5. The Bertz CT molecular complexity index is 621. The molecule has 7 nitrogen and oxygen atoms in total. The number of nitro benzene ring substituents is 1. The van der Waals surface area contributed by atoms with Crippen LogP contribution in [0, 0.1) is 10.1 Å². The van der Waals surface area contributed by atoms with Gasteiger partial charge in [-0.15, -0.1) is 5.10 Å². The van der Waals surface area contributed by atoms with Crippen molar-refractivity contribution >= 4 is 28.3 Å². The maximum absolute atomic E-state index is 10.7. The van der Waals surface area contributed by atoms with Gasteiger partial charge in [0.1, 0.15) is 0 Å². The Hall–Kier alpha value is -1.93. The van der Waals surface area contributed by atoms with Crippen LogP contribution in [0.1, 0.15) is 5.56 Å². The Kier molecular flexibility index (Phi) is 4.39. The summed E-state index contributed by atoms with van der Waals surface area (Å²) in [5.41, 5.74) is 1.84. The fourth-order valence-corrected chi connectivity index (χ4v) is 3.32. The van der Waals surface area contributed by atoms with Crippen molar-refractivity contribution in [1.82, 2.24) is 9.80 Å². The highest BCUT2D eigenvalue weighted by Gasteiger charge is 2.21. The second-order valence-corrected chi connectivity index (χ2v) is 6.25. The number of piperazine rings is 1. The smallest absolute Gasteiger partial charge is 0.269 e. The van der Waals surface area contributed by atoms with Crippen LogP contribution in [-0.4, -0.2) is 64.6 Å². The molecule has 2 aliphatic rings. The number of non-ortho nitro benzene ring substituents is 1. The zero-order valence-corrected chi connectivity index (χ0v) is 13.1. The maximum Gasteiger partial charge on any atom is 0.269 e. The summed E-state index contributed by atoms with van der Waals surface area (Å²) in [6, 6.07) is 6.46. The SMILES string of the molecule is CN1CCN(C2=NN=C(c3ccc([N+](=O)[O-])cc3)CS2)CC1. The Morgan fingerprint density at radius 3 is 2.36 bits per heavy atom. The molecule has 2 aliphatic heterocycles. The van der Waals surface area contributed by atoms with Crippen LogP contribution in [0.25, 0.3) is 0 Å². The first-order chi connectivity index (χ1) is 10.6. The van der Waals surface area contributed by atoms with Gasteiger partial charge in [-0.2, -0.15) is 5.10 Å². The lowest BCUT2D eigenvalue weighted by Crippen LogP contribution is -2.46. The molecule has 0 radical (unpaired) electrons. The van der Waals surface area contributed by atoms with Crippen molar-refractivity contribution in [2.45, 2.75) is 0 Å². The molecular formula is C14H17N5O2S. The Labute approximate surface area is 132 Å². The second-order valence-electron chi connectivity index (χ2n) is 5.31. The minimum Gasteiger partial charge on any atom is -0.347 e. The number of thioether (sulfide) groups is 1. The van der Waals surface area contributed by atoms with Crippen LogP contribution < -0.4 is 0 Å². The van der Waals surface area contributed by atoms with E-state index in [4.69, 9.17) is 0 Å². The minimum absolute atomic E-state index is 0.0921. The number of rotatable bonds is 2. The standard InChI is InChI=1S/C14H17N5O2S/c1-17-6-8-18(9-7-17)14-16-15-13(10-22-14)11-2-4-12(5-3-11)19(20)21/h2-5H,6-10H2,1H3. The van der Waals surface area contributed by atoms with Crippen molar-refractivity contribution < 1.29 is 4.92 Å². The number of likely N-dealkylation sites (N-methyl/N-ethyl adjacent to an activating group) is 1.